The van der Waals surface area contributed by atoms with Gasteiger partial charge in [-0.15, -0.1) is 10.2 Å². The molecule has 1 saturated carbocycles. The topological polar surface area (TPSA) is 56.7 Å². The van der Waals surface area contributed by atoms with E-state index >= 15 is 0 Å². The first-order valence-electron chi connectivity index (χ1n) is 6.55. The number of fused-ring (bicyclic) bond motifs is 1. The Kier molecular flexibility index (Phi) is 2.67. The van der Waals surface area contributed by atoms with Gasteiger partial charge < -0.3 is 5.73 Å². The number of hydrogen-bond acceptors (Lipinski definition) is 3. The van der Waals surface area contributed by atoms with Crippen molar-refractivity contribution in [3.05, 3.63) is 11.6 Å². The second-order valence-electron chi connectivity index (χ2n) is 5.14. The Morgan fingerprint density at radius 3 is 2.62 bits per heavy atom. The first-order valence-corrected chi connectivity index (χ1v) is 6.55. The summed E-state index contributed by atoms with van der Waals surface area (Å²) in [5.41, 5.74) is 6.18. The van der Waals surface area contributed by atoms with Crippen molar-refractivity contribution in [3.8, 4) is 0 Å². The number of nitrogens with two attached hydrogens (primary N) is 1. The molecule has 88 valence electrons. The molecule has 1 aliphatic heterocycles. The highest BCUT2D eigenvalue weighted by Crippen LogP contribution is 2.34. The molecule has 16 heavy (non-hydrogen) atoms. The van der Waals surface area contributed by atoms with E-state index in [2.05, 4.69) is 14.8 Å². The number of hydrogen-bond donors (Lipinski definition) is 1. The lowest BCUT2D eigenvalue weighted by Gasteiger charge is -2.27. The highest BCUT2D eigenvalue weighted by atomic mass is 15.3. The summed E-state index contributed by atoms with van der Waals surface area (Å²) in [4.78, 5) is 0. The van der Waals surface area contributed by atoms with Crippen LogP contribution in [0.1, 0.15) is 68.7 Å². The Morgan fingerprint density at radius 2 is 1.81 bits per heavy atom. The number of nitrogens with zero attached hydrogens (tertiary/aromatic N) is 3. The van der Waals surface area contributed by atoms with Crippen LogP contribution in [0.4, 0.5) is 0 Å². The maximum atomic E-state index is 6.18. The fraction of sp³-hybridized carbons (Fsp3) is 0.833. The molecule has 0 bridgehead atoms. The monoisotopic (exact) mass is 220 g/mol. The largest absolute Gasteiger partial charge is 0.311 e. The van der Waals surface area contributed by atoms with Gasteiger partial charge in [-0.1, -0.05) is 19.3 Å². The molecule has 1 atom stereocenters. The lowest BCUT2D eigenvalue weighted by Crippen LogP contribution is -2.27. The van der Waals surface area contributed by atoms with E-state index in [0.29, 0.717) is 5.92 Å². The molecule has 1 aromatic rings. The van der Waals surface area contributed by atoms with Crippen LogP contribution < -0.4 is 5.73 Å². The van der Waals surface area contributed by atoms with Gasteiger partial charge in [-0.2, -0.15) is 0 Å². The normalized spacial score (nSPS) is 26.7. The van der Waals surface area contributed by atoms with Crippen LogP contribution in [0, 0.1) is 0 Å². The van der Waals surface area contributed by atoms with Gasteiger partial charge in [0.05, 0.1) is 6.17 Å². The predicted octanol–water partition coefficient (Wildman–Crippen LogP) is 2.12. The summed E-state index contributed by atoms with van der Waals surface area (Å²) in [7, 11) is 0. The van der Waals surface area contributed by atoms with Crippen LogP contribution in [0.15, 0.2) is 0 Å². The first-order chi connectivity index (χ1) is 7.86. The van der Waals surface area contributed by atoms with Gasteiger partial charge in [-0.25, -0.2) is 0 Å². The number of aromatic nitrogens is 3. The third-order valence-corrected chi connectivity index (χ3v) is 4.00. The quantitative estimate of drug-likeness (QED) is 0.788. The summed E-state index contributed by atoms with van der Waals surface area (Å²) in [5, 5.41) is 8.72. The molecule has 0 aromatic carbocycles. The van der Waals surface area contributed by atoms with E-state index < -0.39 is 0 Å². The minimum atomic E-state index is 0.121. The fourth-order valence-electron chi connectivity index (χ4n) is 3.11. The van der Waals surface area contributed by atoms with E-state index in [1.807, 2.05) is 0 Å². The molecule has 1 aromatic heterocycles. The van der Waals surface area contributed by atoms with Crippen LogP contribution >= 0.6 is 0 Å². The SMILES string of the molecule is NC1CCCc2nnc(C3CCCCC3)n21. The molecule has 1 aliphatic carbocycles. The second-order valence-corrected chi connectivity index (χ2v) is 5.14. The Labute approximate surface area is 96.2 Å². The van der Waals surface area contributed by atoms with Crippen molar-refractivity contribution in [1.29, 1.82) is 0 Å². The summed E-state index contributed by atoms with van der Waals surface area (Å²) in [5.74, 6) is 2.89. The molecular formula is C12H20N4. The summed E-state index contributed by atoms with van der Waals surface area (Å²) < 4.78 is 2.22. The van der Waals surface area contributed by atoms with Gasteiger partial charge in [0.2, 0.25) is 0 Å². The van der Waals surface area contributed by atoms with E-state index in [-0.39, 0.29) is 6.17 Å². The van der Waals surface area contributed by atoms with Gasteiger partial charge in [0.25, 0.3) is 0 Å². The van der Waals surface area contributed by atoms with Crippen LogP contribution in [-0.4, -0.2) is 14.8 Å². The summed E-state index contributed by atoms with van der Waals surface area (Å²) in [6.07, 6.45) is 9.99. The van der Waals surface area contributed by atoms with Gasteiger partial charge in [0.1, 0.15) is 11.6 Å². The Bertz CT molecular complexity index is 365. The van der Waals surface area contributed by atoms with Crippen molar-refractivity contribution >= 4 is 0 Å². The minimum Gasteiger partial charge on any atom is -0.311 e. The highest BCUT2D eigenvalue weighted by Gasteiger charge is 2.27. The lowest BCUT2D eigenvalue weighted by atomic mass is 9.88. The van der Waals surface area contributed by atoms with Crippen molar-refractivity contribution in [3.63, 3.8) is 0 Å². The molecule has 3 rings (SSSR count). The second kappa shape index (κ2) is 4.17. The molecule has 1 fully saturated rings. The van der Waals surface area contributed by atoms with Gasteiger partial charge in [0, 0.05) is 12.3 Å². The summed E-state index contributed by atoms with van der Waals surface area (Å²) in [6, 6.07) is 0. The Morgan fingerprint density at radius 1 is 1.00 bits per heavy atom. The third kappa shape index (κ3) is 1.65. The highest BCUT2D eigenvalue weighted by molar-refractivity contribution is 5.07. The van der Waals surface area contributed by atoms with Crippen molar-refractivity contribution in [2.24, 2.45) is 5.73 Å². The van der Waals surface area contributed by atoms with Crippen molar-refractivity contribution in [2.75, 3.05) is 0 Å². The fourth-order valence-corrected chi connectivity index (χ4v) is 3.11. The van der Waals surface area contributed by atoms with E-state index in [0.717, 1.165) is 25.1 Å². The molecule has 2 heterocycles. The van der Waals surface area contributed by atoms with Gasteiger partial charge in [0.15, 0.2) is 0 Å². The van der Waals surface area contributed by atoms with Crippen LogP contribution in [0.5, 0.6) is 0 Å². The van der Waals surface area contributed by atoms with Crippen molar-refractivity contribution in [2.45, 2.75) is 63.5 Å². The average Bonchev–Trinajstić information content (AvgIpc) is 2.75. The molecule has 1 unspecified atom stereocenters. The first kappa shape index (κ1) is 10.3. The maximum absolute atomic E-state index is 6.18. The van der Waals surface area contributed by atoms with Crippen LogP contribution in [-0.2, 0) is 6.42 Å². The van der Waals surface area contributed by atoms with Crippen LogP contribution in [0.3, 0.4) is 0 Å². The lowest BCUT2D eigenvalue weighted by molar-refractivity contribution is 0.360. The molecule has 0 saturated heterocycles. The Balaban J connectivity index is 1.91. The van der Waals surface area contributed by atoms with E-state index in [1.165, 1.54) is 37.9 Å². The zero-order chi connectivity index (χ0) is 11.0. The number of rotatable bonds is 1. The molecule has 4 heteroatoms. The van der Waals surface area contributed by atoms with Gasteiger partial charge in [-0.05, 0) is 25.7 Å². The van der Waals surface area contributed by atoms with Crippen LogP contribution in [0.25, 0.3) is 0 Å². The van der Waals surface area contributed by atoms with E-state index in [9.17, 15) is 0 Å². The minimum absolute atomic E-state index is 0.121. The zero-order valence-electron chi connectivity index (χ0n) is 9.73. The molecular weight excluding hydrogens is 200 g/mol. The Hall–Kier alpha value is -0.900. The molecule has 4 nitrogen and oxygen atoms in total. The smallest absolute Gasteiger partial charge is 0.137 e. The standard InChI is InChI=1S/C12H20N4/c13-10-7-4-8-11-14-15-12(16(10)11)9-5-2-1-3-6-9/h9-10H,1-8,13H2. The van der Waals surface area contributed by atoms with E-state index in [4.69, 9.17) is 5.73 Å². The van der Waals surface area contributed by atoms with Crippen LogP contribution in [0.2, 0.25) is 0 Å². The third-order valence-electron chi connectivity index (χ3n) is 4.00. The summed E-state index contributed by atoms with van der Waals surface area (Å²) >= 11 is 0. The van der Waals surface area contributed by atoms with E-state index in [1.54, 1.807) is 0 Å². The average molecular weight is 220 g/mol. The predicted molar refractivity (Wildman–Crippen MR) is 62.0 cm³/mol. The maximum Gasteiger partial charge on any atom is 0.137 e. The summed E-state index contributed by atoms with van der Waals surface area (Å²) in [6.45, 7) is 0. The molecule has 2 aliphatic rings. The van der Waals surface area contributed by atoms with Gasteiger partial charge >= 0.3 is 0 Å². The van der Waals surface area contributed by atoms with Crippen molar-refractivity contribution in [1.82, 2.24) is 14.8 Å². The molecule has 0 radical (unpaired) electrons. The molecule has 0 amide bonds. The molecule has 2 N–H and O–H groups in total. The molecule has 0 spiro atoms. The number of aryl methyl sites for hydroxylation is 1. The van der Waals surface area contributed by atoms with Gasteiger partial charge in [-0.3, -0.25) is 4.57 Å². The zero-order valence-corrected chi connectivity index (χ0v) is 9.73. The van der Waals surface area contributed by atoms with Crippen molar-refractivity contribution < 1.29 is 0 Å².